The van der Waals surface area contributed by atoms with Crippen LogP contribution in [0.2, 0.25) is 0 Å². The van der Waals surface area contributed by atoms with E-state index in [1.54, 1.807) is 18.2 Å². The Labute approximate surface area is 138 Å². The van der Waals surface area contributed by atoms with Gasteiger partial charge in [-0.2, -0.15) is 5.26 Å². The van der Waals surface area contributed by atoms with Crippen molar-refractivity contribution in [3.8, 4) is 6.07 Å². The van der Waals surface area contributed by atoms with Gasteiger partial charge in [0.1, 0.15) is 16.9 Å². The third kappa shape index (κ3) is 3.49. The highest BCUT2D eigenvalue weighted by atomic mass is 32.1. The van der Waals surface area contributed by atoms with Gasteiger partial charge in [-0.25, -0.2) is 4.39 Å². The van der Waals surface area contributed by atoms with Crippen molar-refractivity contribution in [2.24, 2.45) is 0 Å². The van der Waals surface area contributed by atoms with Gasteiger partial charge < -0.3 is 5.32 Å². The van der Waals surface area contributed by atoms with E-state index in [2.05, 4.69) is 11.4 Å². The SMILES string of the molecule is N#Cc1c(NC(=O)/C=C/c2ccc(F)cc2)sc2c1CCCC2. The zero-order chi connectivity index (χ0) is 16.2. The van der Waals surface area contributed by atoms with Gasteiger partial charge in [-0.3, -0.25) is 4.79 Å². The maximum Gasteiger partial charge on any atom is 0.249 e. The van der Waals surface area contributed by atoms with Gasteiger partial charge in [0.15, 0.2) is 0 Å². The molecule has 0 unspecified atom stereocenters. The number of rotatable bonds is 3. The van der Waals surface area contributed by atoms with Crippen LogP contribution in [-0.2, 0) is 17.6 Å². The number of nitriles is 1. The Hall–Kier alpha value is -2.45. The number of anilines is 1. The van der Waals surface area contributed by atoms with Crippen LogP contribution >= 0.6 is 11.3 Å². The number of fused-ring (bicyclic) bond motifs is 1. The van der Waals surface area contributed by atoms with Crippen LogP contribution in [-0.4, -0.2) is 5.91 Å². The van der Waals surface area contributed by atoms with Gasteiger partial charge in [-0.05, 0) is 55.0 Å². The Balaban J connectivity index is 1.74. The molecule has 1 amide bonds. The van der Waals surface area contributed by atoms with Crippen molar-refractivity contribution < 1.29 is 9.18 Å². The van der Waals surface area contributed by atoms with E-state index in [1.807, 2.05) is 0 Å². The van der Waals surface area contributed by atoms with E-state index in [4.69, 9.17) is 0 Å². The molecule has 1 aromatic carbocycles. The summed E-state index contributed by atoms with van der Waals surface area (Å²) in [6, 6.07) is 8.11. The van der Waals surface area contributed by atoms with Crippen LogP contribution in [0.3, 0.4) is 0 Å². The van der Waals surface area contributed by atoms with Crippen LogP contribution < -0.4 is 5.32 Å². The molecular formula is C18H15FN2OS. The standard InChI is InChI=1S/C18H15FN2OS/c19-13-8-5-12(6-9-13)7-10-17(22)21-18-15(11-20)14-3-1-2-4-16(14)23-18/h5-10H,1-4H2,(H,21,22)/b10-7+. The molecule has 1 aromatic heterocycles. The molecule has 3 nitrogen and oxygen atoms in total. The van der Waals surface area contributed by atoms with Crippen LogP contribution in [0.4, 0.5) is 9.39 Å². The average molecular weight is 326 g/mol. The Bertz CT molecular complexity index is 800. The van der Waals surface area contributed by atoms with Gasteiger partial charge in [0.2, 0.25) is 5.91 Å². The quantitative estimate of drug-likeness (QED) is 0.856. The smallest absolute Gasteiger partial charge is 0.249 e. The molecule has 0 bridgehead atoms. The summed E-state index contributed by atoms with van der Waals surface area (Å²) in [7, 11) is 0. The van der Waals surface area contributed by atoms with E-state index in [0.29, 0.717) is 10.6 Å². The number of carbonyl (C=O) groups excluding carboxylic acids is 1. The molecule has 1 aliphatic carbocycles. The second kappa shape index (κ2) is 6.76. The molecule has 116 valence electrons. The molecule has 5 heteroatoms. The van der Waals surface area contributed by atoms with Gasteiger partial charge in [-0.1, -0.05) is 12.1 Å². The number of halogens is 1. The fraction of sp³-hybridized carbons (Fsp3) is 0.222. The molecule has 3 rings (SSSR count). The average Bonchev–Trinajstić information content (AvgIpc) is 2.91. The fourth-order valence-electron chi connectivity index (χ4n) is 2.67. The number of thiophene rings is 1. The van der Waals surface area contributed by atoms with E-state index >= 15 is 0 Å². The van der Waals surface area contributed by atoms with Gasteiger partial charge in [0, 0.05) is 11.0 Å². The Kier molecular flexibility index (Phi) is 4.54. The zero-order valence-corrected chi connectivity index (χ0v) is 13.3. The first kappa shape index (κ1) is 15.4. The lowest BCUT2D eigenvalue weighted by molar-refractivity contribution is -0.111. The number of amides is 1. The third-order valence-electron chi connectivity index (χ3n) is 3.82. The van der Waals surface area contributed by atoms with Crippen molar-refractivity contribution in [2.75, 3.05) is 5.32 Å². The van der Waals surface area contributed by atoms with Crippen molar-refractivity contribution >= 4 is 28.3 Å². The number of nitrogens with one attached hydrogen (secondary N) is 1. The minimum Gasteiger partial charge on any atom is -0.313 e. The minimum absolute atomic E-state index is 0.288. The molecule has 0 spiro atoms. The molecule has 23 heavy (non-hydrogen) atoms. The lowest BCUT2D eigenvalue weighted by atomic mass is 9.96. The van der Waals surface area contributed by atoms with Crippen LogP contribution in [0.5, 0.6) is 0 Å². The highest BCUT2D eigenvalue weighted by Crippen LogP contribution is 2.37. The first-order chi connectivity index (χ1) is 11.2. The second-order valence-corrected chi connectivity index (χ2v) is 6.51. The van der Waals surface area contributed by atoms with Crippen molar-refractivity contribution in [1.82, 2.24) is 0 Å². The number of aryl methyl sites for hydroxylation is 1. The van der Waals surface area contributed by atoms with Gasteiger partial charge in [0.05, 0.1) is 5.56 Å². The maximum atomic E-state index is 12.8. The minimum atomic E-state index is -0.311. The lowest BCUT2D eigenvalue weighted by Gasteiger charge is -2.09. The molecule has 1 N–H and O–H groups in total. The van der Waals surface area contributed by atoms with E-state index in [0.717, 1.165) is 36.8 Å². The molecule has 0 saturated carbocycles. The van der Waals surface area contributed by atoms with Crippen molar-refractivity contribution in [3.63, 3.8) is 0 Å². The van der Waals surface area contributed by atoms with Crippen LogP contribution in [0, 0.1) is 17.1 Å². The topological polar surface area (TPSA) is 52.9 Å². The van der Waals surface area contributed by atoms with Gasteiger partial charge >= 0.3 is 0 Å². The summed E-state index contributed by atoms with van der Waals surface area (Å²) in [6.45, 7) is 0. The van der Waals surface area contributed by atoms with Crippen LogP contribution in [0.15, 0.2) is 30.3 Å². The van der Waals surface area contributed by atoms with Crippen molar-refractivity contribution in [1.29, 1.82) is 5.26 Å². The van der Waals surface area contributed by atoms with Gasteiger partial charge in [-0.15, -0.1) is 11.3 Å². The summed E-state index contributed by atoms with van der Waals surface area (Å²) in [5.74, 6) is -0.598. The Morgan fingerprint density at radius 3 is 2.74 bits per heavy atom. The molecule has 0 aliphatic heterocycles. The summed E-state index contributed by atoms with van der Waals surface area (Å²) in [5, 5.41) is 12.8. The van der Waals surface area contributed by atoms with Crippen LogP contribution in [0.1, 0.15) is 34.4 Å². The number of hydrogen-bond donors (Lipinski definition) is 1. The number of benzene rings is 1. The maximum absolute atomic E-state index is 12.8. The molecular weight excluding hydrogens is 311 g/mol. The number of nitrogens with zero attached hydrogens (tertiary/aromatic N) is 1. The molecule has 0 atom stereocenters. The third-order valence-corrected chi connectivity index (χ3v) is 5.02. The van der Waals surface area contributed by atoms with Crippen LogP contribution in [0.25, 0.3) is 6.08 Å². The lowest BCUT2D eigenvalue weighted by Crippen LogP contribution is -2.07. The summed E-state index contributed by atoms with van der Waals surface area (Å²) >= 11 is 1.50. The van der Waals surface area contributed by atoms with Crippen molar-refractivity contribution in [3.05, 3.63) is 57.7 Å². The Morgan fingerprint density at radius 1 is 1.26 bits per heavy atom. The zero-order valence-electron chi connectivity index (χ0n) is 12.4. The van der Waals surface area contributed by atoms with E-state index in [1.165, 1.54) is 34.4 Å². The molecule has 2 aromatic rings. The molecule has 1 aliphatic rings. The predicted octanol–water partition coefficient (Wildman–Crippen LogP) is 4.29. The highest BCUT2D eigenvalue weighted by Gasteiger charge is 2.21. The van der Waals surface area contributed by atoms with E-state index in [-0.39, 0.29) is 11.7 Å². The largest absolute Gasteiger partial charge is 0.313 e. The summed E-state index contributed by atoms with van der Waals surface area (Å²) in [5.41, 5.74) is 2.45. The molecule has 0 fully saturated rings. The van der Waals surface area contributed by atoms with Gasteiger partial charge in [0.25, 0.3) is 0 Å². The van der Waals surface area contributed by atoms with E-state index in [9.17, 15) is 14.4 Å². The summed E-state index contributed by atoms with van der Waals surface area (Å²) < 4.78 is 12.8. The normalized spacial score (nSPS) is 13.6. The fourth-order valence-corrected chi connectivity index (χ4v) is 3.91. The first-order valence-electron chi connectivity index (χ1n) is 7.46. The molecule has 0 radical (unpaired) electrons. The molecule has 1 heterocycles. The highest BCUT2D eigenvalue weighted by molar-refractivity contribution is 7.16. The monoisotopic (exact) mass is 326 g/mol. The number of hydrogen-bond acceptors (Lipinski definition) is 3. The Morgan fingerprint density at radius 2 is 2.00 bits per heavy atom. The summed E-state index contributed by atoms with van der Waals surface area (Å²) in [6.07, 6.45) is 7.14. The van der Waals surface area contributed by atoms with Crippen molar-refractivity contribution in [2.45, 2.75) is 25.7 Å². The second-order valence-electron chi connectivity index (χ2n) is 5.40. The molecule has 0 saturated heterocycles. The predicted molar refractivity (Wildman–Crippen MR) is 89.7 cm³/mol. The summed E-state index contributed by atoms with van der Waals surface area (Å²) in [4.78, 5) is 13.3. The van der Waals surface area contributed by atoms with E-state index < -0.39 is 0 Å². The first-order valence-corrected chi connectivity index (χ1v) is 8.28. The number of carbonyl (C=O) groups is 1.